The van der Waals surface area contributed by atoms with Gasteiger partial charge in [-0.1, -0.05) is 0 Å². The predicted molar refractivity (Wildman–Crippen MR) is 199 cm³/mol. The average Bonchev–Trinajstić information content (AvgIpc) is 3.21. The summed E-state index contributed by atoms with van der Waals surface area (Å²) in [5.74, 6) is 0. The standard InChI is InChI=1S/C39H67O22/c1-15-34(21(42)10-28(52-15)58-36-17(3)54-30(13-24(36)49-8)60-61-38-19(5)50-26(43)11-22(38)47-6)56-27-9-20(41)35(16(2)51-27)57-29-12-23(48-7)37(18(4)53-29)59-39-33(46)32(45)31(44)25(14-40)55-39/h15-42,44-46H,9-14H2,1-8H3/t15-,16-,17-,18-,19-,20+,21-,22+,23-,24+,25-,26?,27+,28+,29+,30+,31-,32+,33-,34-,35-,36-,37-,38-,39+/m1/s1. The molecule has 6 saturated heterocycles. The van der Waals surface area contributed by atoms with Gasteiger partial charge in [0.15, 0.2) is 37.7 Å². The third-order valence-corrected chi connectivity index (χ3v) is 12.4. The van der Waals surface area contributed by atoms with Crippen molar-refractivity contribution in [3.63, 3.8) is 0 Å². The molecule has 0 bridgehead atoms. The molecular weight excluding hydrogens is 820 g/mol. The van der Waals surface area contributed by atoms with Gasteiger partial charge in [0.1, 0.15) is 54.9 Å². The van der Waals surface area contributed by atoms with Gasteiger partial charge in [-0.2, -0.15) is 0 Å². The van der Waals surface area contributed by atoms with Crippen LogP contribution in [0.15, 0.2) is 0 Å². The van der Waals surface area contributed by atoms with Crippen LogP contribution in [0, 0.1) is 0 Å². The normalized spacial score (nSPS) is 51.3. The van der Waals surface area contributed by atoms with Crippen LogP contribution in [-0.4, -0.2) is 212 Å². The minimum absolute atomic E-state index is 0.0149. The van der Waals surface area contributed by atoms with Crippen LogP contribution in [0.2, 0.25) is 0 Å². The maximum absolute atomic E-state index is 11.9. The van der Waals surface area contributed by atoms with E-state index in [9.17, 15) is 35.7 Å². The summed E-state index contributed by atoms with van der Waals surface area (Å²) in [5.41, 5.74) is 0. The molecule has 0 aromatic heterocycles. The van der Waals surface area contributed by atoms with Gasteiger partial charge in [0.2, 0.25) is 0 Å². The van der Waals surface area contributed by atoms with Crippen LogP contribution < -0.4 is 0 Å². The lowest BCUT2D eigenvalue weighted by molar-refractivity contribution is -0.447. The zero-order chi connectivity index (χ0) is 44.3. The third kappa shape index (κ3) is 11.8. The molecule has 22 nitrogen and oxygen atoms in total. The Morgan fingerprint density at radius 3 is 1.39 bits per heavy atom. The number of rotatable bonds is 15. The quantitative estimate of drug-likeness (QED) is 0.0808. The van der Waals surface area contributed by atoms with E-state index >= 15 is 0 Å². The topological polar surface area (TPSA) is 280 Å². The van der Waals surface area contributed by atoms with Crippen molar-refractivity contribution in [1.82, 2.24) is 0 Å². The molecule has 6 fully saturated rings. The molecule has 1 unspecified atom stereocenters. The lowest BCUT2D eigenvalue weighted by Gasteiger charge is -2.47. The molecule has 6 rings (SSSR count). The Kier molecular flexibility index (Phi) is 17.9. The van der Waals surface area contributed by atoms with Crippen molar-refractivity contribution >= 4 is 0 Å². The Bertz CT molecular complexity index is 1300. The summed E-state index contributed by atoms with van der Waals surface area (Å²) in [6.45, 7) is 8.08. The summed E-state index contributed by atoms with van der Waals surface area (Å²) in [6.07, 6.45) is -21.8. The highest BCUT2D eigenvalue weighted by Crippen LogP contribution is 2.36. The largest absolute Gasteiger partial charge is 0.394 e. The van der Waals surface area contributed by atoms with Crippen molar-refractivity contribution in [2.45, 2.75) is 220 Å². The van der Waals surface area contributed by atoms with E-state index in [1.165, 1.54) is 14.2 Å². The minimum Gasteiger partial charge on any atom is -0.394 e. The maximum atomic E-state index is 11.9. The van der Waals surface area contributed by atoms with E-state index in [0.29, 0.717) is 0 Å². The summed E-state index contributed by atoms with van der Waals surface area (Å²) in [5, 5.41) is 74.8. The number of ether oxygens (including phenoxy) is 13. The van der Waals surface area contributed by atoms with Crippen LogP contribution in [0.4, 0.5) is 0 Å². The molecule has 0 amide bonds. The van der Waals surface area contributed by atoms with Crippen molar-refractivity contribution in [3.05, 3.63) is 0 Å². The zero-order valence-corrected chi connectivity index (χ0v) is 35.9. The molecule has 6 N–H and O–H groups in total. The van der Waals surface area contributed by atoms with Gasteiger partial charge in [0.05, 0.1) is 67.6 Å². The maximum Gasteiger partial charge on any atom is 0.194 e. The van der Waals surface area contributed by atoms with Gasteiger partial charge in [-0.3, -0.25) is 0 Å². The first-order valence-corrected chi connectivity index (χ1v) is 21.2. The van der Waals surface area contributed by atoms with Crippen LogP contribution in [-0.2, 0) is 76.5 Å². The zero-order valence-electron chi connectivity index (χ0n) is 35.9. The highest BCUT2D eigenvalue weighted by molar-refractivity contribution is 4.93. The Morgan fingerprint density at radius 1 is 0.459 bits per heavy atom. The fourth-order valence-corrected chi connectivity index (χ4v) is 8.97. The van der Waals surface area contributed by atoms with Gasteiger partial charge in [-0.25, -0.2) is 14.9 Å². The van der Waals surface area contributed by atoms with Crippen molar-refractivity contribution in [1.29, 1.82) is 0 Å². The third-order valence-electron chi connectivity index (χ3n) is 12.4. The number of aliphatic hydroxyl groups excluding tert-OH is 6. The highest BCUT2D eigenvalue weighted by Gasteiger charge is 2.50. The molecular formula is C39H67O22. The van der Waals surface area contributed by atoms with Gasteiger partial charge < -0.3 is 92.2 Å². The molecule has 0 spiro atoms. The van der Waals surface area contributed by atoms with Crippen LogP contribution in [0.25, 0.3) is 0 Å². The Hall–Kier alpha value is -0.880. The van der Waals surface area contributed by atoms with Crippen LogP contribution in [0.1, 0.15) is 66.7 Å². The van der Waals surface area contributed by atoms with Crippen molar-refractivity contribution in [3.8, 4) is 0 Å². The molecule has 25 atom stereocenters. The lowest BCUT2D eigenvalue weighted by Crippen LogP contribution is -2.62. The average molecular weight is 888 g/mol. The predicted octanol–water partition coefficient (Wildman–Crippen LogP) is -1.48. The van der Waals surface area contributed by atoms with Crippen molar-refractivity contribution in [2.75, 3.05) is 27.9 Å². The van der Waals surface area contributed by atoms with Gasteiger partial charge >= 0.3 is 0 Å². The second-order valence-electron chi connectivity index (χ2n) is 16.7. The molecule has 0 saturated carbocycles. The molecule has 6 aliphatic heterocycles. The van der Waals surface area contributed by atoms with Crippen molar-refractivity contribution in [2.24, 2.45) is 0 Å². The fraction of sp³-hybridized carbons (Fsp3) is 1.00. The first-order valence-electron chi connectivity index (χ1n) is 21.2. The van der Waals surface area contributed by atoms with Gasteiger partial charge in [-0.05, 0) is 34.6 Å². The number of hydrogen-bond donors (Lipinski definition) is 6. The summed E-state index contributed by atoms with van der Waals surface area (Å²) in [4.78, 5) is 11.3. The number of hydrogen-bond acceptors (Lipinski definition) is 21. The molecule has 1 radical (unpaired) electrons. The molecule has 61 heavy (non-hydrogen) atoms. The second kappa shape index (κ2) is 22.1. The van der Waals surface area contributed by atoms with Gasteiger partial charge in [0, 0.05) is 53.4 Å². The van der Waals surface area contributed by atoms with Crippen LogP contribution in [0.5, 0.6) is 0 Å². The van der Waals surface area contributed by atoms with E-state index in [-0.39, 0.29) is 32.1 Å². The van der Waals surface area contributed by atoms with E-state index in [4.69, 9.17) is 71.4 Å². The highest BCUT2D eigenvalue weighted by atomic mass is 17.2. The molecule has 0 aromatic rings. The summed E-state index contributed by atoms with van der Waals surface area (Å²) >= 11 is 0. The molecule has 6 heterocycles. The van der Waals surface area contributed by atoms with E-state index in [0.717, 1.165) is 0 Å². The van der Waals surface area contributed by atoms with E-state index < -0.39 is 160 Å². The monoisotopic (exact) mass is 887 g/mol. The first kappa shape index (κ1) is 49.6. The Morgan fingerprint density at radius 2 is 0.885 bits per heavy atom. The smallest absolute Gasteiger partial charge is 0.194 e. The fourth-order valence-electron chi connectivity index (χ4n) is 8.97. The minimum atomic E-state index is -1.61. The summed E-state index contributed by atoms with van der Waals surface area (Å²) in [7, 11) is 4.51. The van der Waals surface area contributed by atoms with E-state index in [1.807, 2.05) is 0 Å². The van der Waals surface area contributed by atoms with Crippen LogP contribution in [0.3, 0.4) is 0 Å². The lowest BCUT2D eigenvalue weighted by atomic mass is 9.98. The van der Waals surface area contributed by atoms with E-state index in [1.54, 1.807) is 41.7 Å². The molecule has 22 heteroatoms. The summed E-state index contributed by atoms with van der Waals surface area (Å²) in [6, 6.07) is 0. The second-order valence-corrected chi connectivity index (χ2v) is 16.7. The SMILES string of the molecule is CO[C@H]1CC([O])O[C@H](C)[C@H]1OO[C@H]1C[C@H](OC)[C@H](O[C@H]2C[C@@H](O)[C@H](O[C@H]3C[C@H](O)[C@H](O[C@H]4C[C@@H](OC)[C@H](O[C@@H]5O[C@H](CO)[C@@H](O)[C@H](O)[C@H]5O)[C@@H](C)O4)[C@@H](C)O3)[C@@H](C)O2)[C@@H](C)O1. The molecule has 6 aliphatic rings. The molecule has 0 aromatic carbocycles. The Labute approximate surface area is 355 Å². The molecule has 355 valence electrons. The Balaban J connectivity index is 0.953. The number of methoxy groups -OCH3 is 3. The van der Waals surface area contributed by atoms with Gasteiger partial charge in [0.25, 0.3) is 0 Å². The van der Waals surface area contributed by atoms with Gasteiger partial charge in [-0.15, -0.1) is 0 Å². The number of aliphatic hydroxyl groups is 6. The van der Waals surface area contributed by atoms with Crippen LogP contribution >= 0.6 is 0 Å². The van der Waals surface area contributed by atoms with E-state index in [2.05, 4.69) is 0 Å². The first-order chi connectivity index (χ1) is 29.0. The summed E-state index contributed by atoms with van der Waals surface area (Å²) < 4.78 is 76.9. The molecule has 0 aliphatic carbocycles. The van der Waals surface area contributed by atoms with Crippen molar-refractivity contribution < 1.29 is 107 Å².